The van der Waals surface area contributed by atoms with Crippen LogP contribution in [0.2, 0.25) is 5.15 Å². The van der Waals surface area contributed by atoms with Crippen molar-refractivity contribution in [2.24, 2.45) is 11.8 Å². The van der Waals surface area contributed by atoms with Crippen LogP contribution in [0, 0.1) is 11.8 Å². The van der Waals surface area contributed by atoms with E-state index in [1.807, 2.05) is 0 Å². The number of rotatable bonds is 10. The topological polar surface area (TPSA) is 152 Å². The lowest BCUT2D eigenvalue weighted by Crippen LogP contribution is -2.26. The van der Waals surface area contributed by atoms with Gasteiger partial charge in [0, 0.05) is 92.8 Å². The highest BCUT2D eigenvalue weighted by atomic mass is 35.5. The molecule has 10 rings (SSSR count). The molecule has 2 aliphatic heterocycles. The number of ether oxygens (including phenoxy) is 5. The van der Waals surface area contributed by atoms with E-state index in [9.17, 15) is 35.9 Å². The third-order valence-electron chi connectivity index (χ3n) is 12.6. The van der Waals surface area contributed by atoms with E-state index in [2.05, 4.69) is 19.9 Å². The summed E-state index contributed by atoms with van der Waals surface area (Å²) in [7, 11) is 0. The van der Waals surface area contributed by atoms with Crippen molar-refractivity contribution < 1.29 is 64.7 Å². The van der Waals surface area contributed by atoms with Crippen molar-refractivity contribution in [1.29, 1.82) is 0 Å². The van der Waals surface area contributed by atoms with Crippen molar-refractivity contribution in [3.8, 4) is 39.9 Å². The Morgan fingerprint density at radius 1 is 0.620 bits per heavy atom. The molecule has 12 nitrogen and oxygen atoms in total. The van der Waals surface area contributed by atoms with Crippen LogP contribution in [0.15, 0.2) is 85.2 Å². The van der Waals surface area contributed by atoms with Gasteiger partial charge in [0.05, 0.1) is 72.0 Å². The number of hydrogen-bond acceptors (Lipinski definition) is 12. The molecule has 4 aliphatic rings. The molecule has 2 saturated carbocycles. The number of aromatic nitrogens is 4. The van der Waals surface area contributed by atoms with Crippen LogP contribution in [0.5, 0.6) is 17.4 Å². The standard InChI is InChI=1S/C26H25F3N2O4.C20H16ClF3N2O2.C6H10O2/c27-26(28,29)21-13-17(4-6-24(21)35-19-7-10-33-11-8-19)22-14-23-20(2-1-9-30-23)25(31-22)34-15-16-3-5-18(32)12-16;21-19-14-2-1-7-25-17(14)11-16(26-19)12-3-4-18(15(10-12)20(22,23)24)28-13-5-8-27-9-6-13;7-4-5-1-2-6(8)3-5/h1-2,4,6,9,13-14,16,19H,3,5,7-8,10-12,15H2;1-4,7,10-11,13H,5-6,8-9H2;5,7H,1-4H2/t16-;;5-/m0.0/s1. The van der Waals surface area contributed by atoms with Crippen LogP contribution < -0.4 is 14.2 Å². The zero-order valence-electron chi connectivity index (χ0n) is 38.4. The minimum absolute atomic E-state index is 0.109. The Labute approximate surface area is 410 Å². The molecule has 19 heteroatoms. The van der Waals surface area contributed by atoms with Gasteiger partial charge >= 0.3 is 12.4 Å². The number of aliphatic hydroxyl groups excluding tert-OH is 1. The molecule has 2 atom stereocenters. The number of fused-ring (bicyclic) bond motifs is 2. The third-order valence-corrected chi connectivity index (χ3v) is 12.9. The van der Waals surface area contributed by atoms with Crippen LogP contribution in [0.4, 0.5) is 26.3 Å². The number of halogens is 7. The second-order valence-electron chi connectivity index (χ2n) is 17.8. The first kappa shape index (κ1) is 51.4. The summed E-state index contributed by atoms with van der Waals surface area (Å²) in [6, 6.07) is 18.2. The van der Waals surface area contributed by atoms with E-state index in [1.165, 1.54) is 12.1 Å². The first-order chi connectivity index (χ1) is 34.1. The maximum atomic E-state index is 14.0. The van der Waals surface area contributed by atoms with E-state index in [0.29, 0.717) is 135 Å². The van der Waals surface area contributed by atoms with Gasteiger partial charge in [0.1, 0.15) is 40.4 Å². The fourth-order valence-electron chi connectivity index (χ4n) is 8.74. The predicted octanol–water partition coefficient (Wildman–Crippen LogP) is 11.5. The molecule has 2 saturated heterocycles. The monoisotopic (exact) mass is 1010 g/mol. The second-order valence-corrected chi connectivity index (χ2v) is 18.2. The third kappa shape index (κ3) is 13.5. The number of nitrogens with zero attached hydrogens (tertiary/aromatic N) is 4. The van der Waals surface area contributed by atoms with Gasteiger partial charge < -0.3 is 28.8 Å². The molecular weight excluding hydrogens is 958 g/mol. The van der Waals surface area contributed by atoms with Crippen molar-refractivity contribution in [3.63, 3.8) is 0 Å². The number of benzene rings is 2. The normalized spacial score (nSPS) is 19.0. The van der Waals surface area contributed by atoms with Crippen LogP contribution in [-0.2, 0) is 31.4 Å². The summed E-state index contributed by atoms with van der Waals surface area (Å²) in [5.74, 6) is 0.822. The Bertz CT molecular complexity index is 2820. The lowest BCUT2D eigenvalue weighted by atomic mass is 10.0. The Morgan fingerprint density at radius 3 is 1.56 bits per heavy atom. The van der Waals surface area contributed by atoms with Gasteiger partial charge in [-0.3, -0.25) is 19.6 Å². The molecule has 0 spiro atoms. The molecular formula is C52H51ClF6N4O8. The average molecular weight is 1010 g/mol. The lowest BCUT2D eigenvalue weighted by molar-refractivity contribution is -0.140. The van der Waals surface area contributed by atoms with Crippen molar-refractivity contribution in [2.45, 2.75) is 88.8 Å². The van der Waals surface area contributed by atoms with E-state index >= 15 is 0 Å². The highest BCUT2D eigenvalue weighted by Gasteiger charge is 2.37. The molecule has 4 fully saturated rings. The highest BCUT2D eigenvalue weighted by Crippen LogP contribution is 2.42. The largest absolute Gasteiger partial charge is 0.490 e. The van der Waals surface area contributed by atoms with Crippen LogP contribution in [0.3, 0.4) is 0 Å². The average Bonchev–Trinajstić information content (AvgIpc) is 4.00. The number of carbonyl (C=O) groups is 2. The molecule has 71 heavy (non-hydrogen) atoms. The minimum Gasteiger partial charge on any atom is -0.490 e. The summed E-state index contributed by atoms with van der Waals surface area (Å²) in [4.78, 5) is 39.4. The van der Waals surface area contributed by atoms with Gasteiger partial charge in [-0.25, -0.2) is 9.97 Å². The maximum absolute atomic E-state index is 14.0. The predicted molar refractivity (Wildman–Crippen MR) is 251 cm³/mol. The number of alkyl halides is 6. The molecule has 4 aromatic heterocycles. The number of pyridine rings is 4. The summed E-state index contributed by atoms with van der Waals surface area (Å²) in [5, 5.41) is 10.0. The quantitative estimate of drug-likeness (QED) is 0.103. The SMILES string of the molecule is FC(F)(F)c1cc(-c2cc3ncccc3c(Cl)n2)ccc1OC1CCOCC1.O=C1CC[C@H](CO)C1.O=C1CC[C@H](COc2nc(-c3ccc(OC4CCOCC4)c(C(F)(F)F)c3)cc3ncccc23)C1. The van der Waals surface area contributed by atoms with Gasteiger partial charge in [-0.1, -0.05) is 11.6 Å². The van der Waals surface area contributed by atoms with Gasteiger partial charge in [-0.15, -0.1) is 0 Å². The highest BCUT2D eigenvalue weighted by molar-refractivity contribution is 6.34. The van der Waals surface area contributed by atoms with E-state index in [-0.39, 0.29) is 58.6 Å². The van der Waals surface area contributed by atoms with Crippen molar-refractivity contribution >= 4 is 45.0 Å². The fraction of sp³-hybridized carbons (Fsp3) is 0.423. The first-order valence-corrected chi connectivity index (χ1v) is 23.8. The number of hydrogen-bond donors (Lipinski definition) is 1. The van der Waals surface area contributed by atoms with Gasteiger partial charge in [-0.05, 0) is 91.6 Å². The van der Waals surface area contributed by atoms with Crippen LogP contribution in [0.25, 0.3) is 44.3 Å². The molecule has 1 N–H and O–H groups in total. The van der Waals surface area contributed by atoms with Gasteiger partial charge in [-0.2, -0.15) is 26.3 Å². The molecule has 0 bridgehead atoms. The molecule has 0 unspecified atom stereocenters. The van der Waals surface area contributed by atoms with Crippen LogP contribution >= 0.6 is 11.6 Å². The Hall–Kier alpha value is -5.95. The lowest BCUT2D eigenvalue weighted by Gasteiger charge is -2.25. The maximum Gasteiger partial charge on any atom is 0.419 e. The number of ketones is 2. The first-order valence-electron chi connectivity index (χ1n) is 23.5. The molecule has 2 aliphatic carbocycles. The molecule has 6 heterocycles. The Morgan fingerprint density at radius 2 is 1.10 bits per heavy atom. The van der Waals surface area contributed by atoms with E-state index < -0.39 is 23.5 Å². The van der Waals surface area contributed by atoms with Crippen LogP contribution in [-0.4, -0.2) is 88.5 Å². The Kier molecular flexibility index (Phi) is 16.7. The molecule has 376 valence electrons. The van der Waals surface area contributed by atoms with Crippen molar-refractivity contribution in [3.05, 3.63) is 101 Å². The summed E-state index contributed by atoms with van der Waals surface area (Å²) >= 11 is 6.19. The minimum atomic E-state index is -4.60. The molecule has 0 amide bonds. The summed E-state index contributed by atoms with van der Waals surface area (Å²) in [5.41, 5.74) is 0.647. The van der Waals surface area contributed by atoms with E-state index in [0.717, 1.165) is 25.0 Å². The molecule has 6 aromatic rings. The van der Waals surface area contributed by atoms with Gasteiger partial charge in [0.15, 0.2) is 0 Å². The number of carbonyl (C=O) groups excluding carboxylic acids is 2. The zero-order chi connectivity index (χ0) is 50.1. The molecule has 0 radical (unpaired) electrons. The summed E-state index contributed by atoms with van der Waals surface area (Å²) in [6.07, 6.45) is -0.380. The number of Topliss-reactive ketones (excluding diaryl/α,β-unsaturated/α-hetero) is 2. The van der Waals surface area contributed by atoms with Crippen LogP contribution in [0.1, 0.15) is 75.3 Å². The van der Waals surface area contributed by atoms with Gasteiger partial charge in [0.25, 0.3) is 0 Å². The summed E-state index contributed by atoms with van der Waals surface area (Å²) in [6.45, 7) is 2.41. The molecule has 2 aromatic carbocycles. The van der Waals surface area contributed by atoms with Gasteiger partial charge in [0.2, 0.25) is 5.88 Å². The van der Waals surface area contributed by atoms with Crippen molar-refractivity contribution in [1.82, 2.24) is 19.9 Å². The van der Waals surface area contributed by atoms with E-state index in [4.69, 9.17) is 40.4 Å². The Balaban J connectivity index is 0.000000167. The summed E-state index contributed by atoms with van der Waals surface area (Å²) < 4.78 is 111. The smallest absolute Gasteiger partial charge is 0.419 e. The second kappa shape index (κ2) is 23.1. The van der Waals surface area contributed by atoms with E-state index in [1.54, 1.807) is 60.9 Å². The zero-order valence-corrected chi connectivity index (χ0v) is 39.2. The van der Waals surface area contributed by atoms with Crippen molar-refractivity contribution in [2.75, 3.05) is 39.6 Å². The fourth-order valence-corrected chi connectivity index (χ4v) is 8.99. The number of aliphatic hydroxyl groups is 1.